The Morgan fingerprint density at radius 3 is 2.19 bits per heavy atom. The van der Waals surface area contributed by atoms with Crippen molar-refractivity contribution in [3.63, 3.8) is 0 Å². The molecule has 0 aliphatic heterocycles. The van der Waals surface area contributed by atoms with Gasteiger partial charge in [0, 0.05) is 13.1 Å². The van der Waals surface area contributed by atoms with Crippen molar-refractivity contribution >= 4 is 5.97 Å². The zero-order valence-corrected chi connectivity index (χ0v) is 13.1. The highest BCUT2D eigenvalue weighted by Crippen LogP contribution is 2.17. The maximum atomic E-state index is 11.1. The number of esters is 1. The van der Waals surface area contributed by atoms with Crippen LogP contribution >= 0.6 is 0 Å². The fraction of sp³-hybridized carbons (Fsp3) is 0.562. The molecule has 0 saturated carbocycles. The van der Waals surface area contributed by atoms with Gasteiger partial charge in [-0.05, 0) is 37.7 Å². The number of ether oxygens (including phenoxy) is 3. The van der Waals surface area contributed by atoms with Crippen molar-refractivity contribution in [1.82, 2.24) is 4.90 Å². The Labute approximate surface area is 126 Å². The number of nitrogens with zero attached hydrogens (tertiary/aromatic N) is 1. The van der Waals surface area contributed by atoms with Crippen LogP contribution in [0, 0.1) is 0 Å². The molecule has 1 aromatic rings. The van der Waals surface area contributed by atoms with Crippen molar-refractivity contribution in [2.75, 3.05) is 40.0 Å². The van der Waals surface area contributed by atoms with Gasteiger partial charge in [-0.15, -0.1) is 0 Å². The highest BCUT2D eigenvalue weighted by Gasteiger charge is 2.06. The molecule has 118 valence electrons. The van der Waals surface area contributed by atoms with Crippen LogP contribution in [-0.2, 0) is 9.53 Å². The quantitative estimate of drug-likeness (QED) is 0.620. The molecule has 0 saturated heterocycles. The van der Waals surface area contributed by atoms with E-state index in [1.807, 2.05) is 31.2 Å². The Morgan fingerprint density at radius 2 is 1.67 bits per heavy atom. The monoisotopic (exact) mass is 295 g/mol. The van der Waals surface area contributed by atoms with E-state index in [0.717, 1.165) is 24.6 Å². The van der Waals surface area contributed by atoms with E-state index in [9.17, 15) is 4.79 Å². The summed E-state index contributed by atoms with van der Waals surface area (Å²) in [5.74, 6) is 1.49. The standard InChI is InChI=1S/C16H25NO4/c1-4-17(11-10-16(18)19-3)12-13-21-15-8-6-14(7-9-15)20-5-2/h6-9H,4-5,10-13H2,1-3H3. The summed E-state index contributed by atoms with van der Waals surface area (Å²) >= 11 is 0. The summed E-state index contributed by atoms with van der Waals surface area (Å²) < 4.78 is 15.7. The lowest BCUT2D eigenvalue weighted by molar-refractivity contribution is -0.141. The molecule has 1 aromatic carbocycles. The normalized spacial score (nSPS) is 10.5. The van der Waals surface area contributed by atoms with Crippen LogP contribution in [0.2, 0.25) is 0 Å². The fourth-order valence-electron chi connectivity index (χ4n) is 1.87. The van der Waals surface area contributed by atoms with Gasteiger partial charge in [-0.2, -0.15) is 0 Å². The molecule has 0 radical (unpaired) electrons. The summed E-state index contributed by atoms with van der Waals surface area (Å²) in [6, 6.07) is 7.59. The predicted molar refractivity (Wildman–Crippen MR) is 81.9 cm³/mol. The maximum absolute atomic E-state index is 11.1. The van der Waals surface area contributed by atoms with E-state index >= 15 is 0 Å². The SMILES string of the molecule is CCOc1ccc(OCCN(CC)CCC(=O)OC)cc1. The fourth-order valence-corrected chi connectivity index (χ4v) is 1.87. The minimum Gasteiger partial charge on any atom is -0.494 e. The van der Waals surface area contributed by atoms with E-state index in [1.165, 1.54) is 7.11 Å². The topological polar surface area (TPSA) is 48.0 Å². The van der Waals surface area contributed by atoms with Crippen LogP contribution < -0.4 is 9.47 Å². The van der Waals surface area contributed by atoms with Crippen molar-refractivity contribution < 1.29 is 19.0 Å². The van der Waals surface area contributed by atoms with Crippen molar-refractivity contribution in [1.29, 1.82) is 0 Å². The summed E-state index contributed by atoms with van der Waals surface area (Å²) in [6.07, 6.45) is 0.410. The Hall–Kier alpha value is -1.75. The van der Waals surface area contributed by atoms with E-state index in [0.29, 0.717) is 26.2 Å². The zero-order valence-electron chi connectivity index (χ0n) is 13.1. The average Bonchev–Trinajstić information content (AvgIpc) is 2.52. The molecule has 0 fully saturated rings. The summed E-state index contributed by atoms with van der Waals surface area (Å²) in [5, 5.41) is 0. The smallest absolute Gasteiger partial charge is 0.306 e. The molecule has 0 unspecified atom stereocenters. The molecule has 0 spiro atoms. The van der Waals surface area contributed by atoms with Crippen molar-refractivity contribution in [3.8, 4) is 11.5 Å². The molecule has 0 aliphatic rings. The lowest BCUT2D eigenvalue weighted by Gasteiger charge is -2.19. The third-order valence-corrected chi connectivity index (χ3v) is 3.12. The van der Waals surface area contributed by atoms with E-state index in [2.05, 4.69) is 16.6 Å². The number of hydrogen-bond acceptors (Lipinski definition) is 5. The second-order valence-electron chi connectivity index (χ2n) is 4.51. The van der Waals surface area contributed by atoms with Gasteiger partial charge < -0.3 is 14.2 Å². The molecule has 5 heteroatoms. The molecule has 0 aliphatic carbocycles. The van der Waals surface area contributed by atoms with Crippen molar-refractivity contribution in [2.45, 2.75) is 20.3 Å². The Kier molecular flexibility index (Phi) is 8.28. The van der Waals surface area contributed by atoms with Crippen LogP contribution in [0.25, 0.3) is 0 Å². The molecule has 1 rings (SSSR count). The van der Waals surface area contributed by atoms with E-state index in [4.69, 9.17) is 9.47 Å². The van der Waals surface area contributed by atoms with Crippen LogP contribution in [0.1, 0.15) is 20.3 Å². The van der Waals surface area contributed by atoms with Crippen LogP contribution in [0.15, 0.2) is 24.3 Å². The Morgan fingerprint density at radius 1 is 1.05 bits per heavy atom. The molecule has 0 aromatic heterocycles. The third-order valence-electron chi connectivity index (χ3n) is 3.12. The summed E-state index contributed by atoms with van der Waals surface area (Å²) in [4.78, 5) is 13.3. The van der Waals surface area contributed by atoms with Gasteiger partial charge in [-0.25, -0.2) is 0 Å². The van der Waals surface area contributed by atoms with Gasteiger partial charge in [0.15, 0.2) is 0 Å². The Bertz CT molecular complexity index is 405. The number of likely N-dealkylation sites (N-methyl/N-ethyl adjacent to an activating group) is 1. The van der Waals surface area contributed by atoms with Gasteiger partial charge in [0.05, 0.1) is 20.1 Å². The lowest BCUT2D eigenvalue weighted by atomic mass is 10.3. The third kappa shape index (κ3) is 6.99. The zero-order chi connectivity index (χ0) is 15.5. The number of rotatable bonds is 10. The van der Waals surface area contributed by atoms with Crippen LogP contribution in [-0.4, -0.2) is 50.8 Å². The van der Waals surface area contributed by atoms with Crippen molar-refractivity contribution in [3.05, 3.63) is 24.3 Å². The van der Waals surface area contributed by atoms with Gasteiger partial charge in [0.1, 0.15) is 18.1 Å². The second-order valence-corrected chi connectivity index (χ2v) is 4.51. The lowest BCUT2D eigenvalue weighted by Crippen LogP contribution is -2.30. The number of carbonyl (C=O) groups excluding carboxylic acids is 1. The molecule has 0 N–H and O–H groups in total. The van der Waals surface area contributed by atoms with Gasteiger partial charge in [0.25, 0.3) is 0 Å². The summed E-state index contributed by atoms with van der Waals surface area (Å²) in [5.41, 5.74) is 0. The first kappa shape index (κ1) is 17.3. The first-order valence-corrected chi connectivity index (χ1v) is 7.34. The van der Waals surface area contributed by atoms with Crippen molar-refractivity contribution in [2.24, 2.45) is 0 Å². The highest BCUT2D eigenvalue weighted by atomic mass is 16.5. The molecule has 0 atom stereocenters. The number of benzene rings is 1. The number of hydrogen-bond donors (Lipinski definition) is 0. The number of carbonyl (C=O) groups is 1. The first-order chi connectivity index (χ1) is 10.2. The predicted octanol–water partition coefficient (Wildman–Crippen LogP) is 2.35. The minimum absolute atomic E-state index is 0.180. The minimum atomic E-state index is -0.180. The molecule has 0 heterocycles. The van der Waals surface area contributed by atoms with Gasteiger partial charge >= 0.3 is 5.97 Å². The highest BCUT2D eigenvalue weighted by molar-refractivity contribution is 5.69. The average molecular weight is 295 g/mol. The molecule has 21 heavy (non-hydrogen) atoms. The van der Waals surface area contributed by atoms with Gasteiger partial charge in [-0.1, -0.05) is 6.92 Å². The van der Waals surface area contributed by atoms with Crippen LogP contribution in [0.3, 0.4) is 0 Å². The molecular weight excluding hydrogens is 270 g/mol. The number of methoxy groups -OCH3 is 1. The van der Waals surface area contributed by atoms with E-state index < -0.39 is 0 Å². The Balaban J connectivity index is 2.28. The largest absolute Gasteiger partial charge is 0.494 e. The maximum Gasteiger partial charge on any atom is 0.306 e. The van der Waals surface area contributed by atoms with Gasteiger partial charge in [-0.3, -0.25) is 9.69 Å². The molecule has 0 amide bonds. The second kappa shape index (κ2) is 10.0. The molecule has 0 bridgehead atoms. The molecular formula is C16H25NO4. The van der Waals surface area contributed by atoms with Gasteiger partial charge in [0.2, 0.25) is 0 Å². The summed E-state index contributed by atoms with van der Waals surface area (Å²) in [7, 11) is 1.41. The summed E-state index contributed by atoms with van der Waals surface area (Å²) in [6.45, 7) is 7.61. The first-order valence-electron chi connectivity index (χ1n) is 7.34. The molecule has 5 nitrogen and oxygen atoms in total. The van der Waals surface area contributed by atoms with Crippen LogP contribution in [0.4, 0.5) is 0 Å². The van der Waals surface area contributed by atoms with E-state index in [-0.39, 0.29) is 5.97 Å². The van der Waals surface area contributed by atoms with E-state index in [1.54, 1.807) is 0 Å². The van der Waals surface area contributed by atoms with Crippen LogP contribution in [0.5, 0.6) is 11.5 Å².